The highest BCUT2D eigenvalue weighted by atomic mass is 16.5. The van der Waals surface area contributed by atoms with Gasteiger partial charge in [-0.3, -0.25) is 9.59 Å². The molecule has 2 rings (SSSR count). The molecule has 0 heterocycles. The van der Waals surface area contributed by atoms with Crippen molar-refractivity contribution in [2.75, 3.05) is 7.11 Å². The van der Waals surface area contributed by atoms with Crippen LogP contribution >= 0.6 is 0 Å². The Bertz CT molecular complexity index is 597. The van der Waals surface area contributed by atoms with Gasteiger partial charge in [-0.05, 0) is 37.0 Å². The van der Waals surface area contributed by atoms with Crippen molar-refractivity contribution in [3.63, 3.8) is 0 Å². The third-order valence-corrected chi connectivity index (χ3v) is 5.13. The van der Waals surface area contributed by atoms with Crippen LogP contribution in [-0.2, 0) is 16.1 Å². The Morgan fingerprint density at radius 3 is 2.58 bits per heavy atom. The molecular formula is C21H32N2O3. The average Bonchev–Trinajstić information content (AvgIpc) is 2.68. The Kier molecular flexibility index (Phi) is 7.95. The van der Waals surface area contributed by atoms with Crippen LogP contribution in [0.5, 0.6) is 5.75 Å². The van der Waals surface area contributed by atoms with Crippen molar-refractivity contribution in [1.82, 2.24) is 10.2 Å². The second-order valence-corrected chi connectivity index (χ2v) is 6.99. The second-order valence-electron chi connectivity index (χ2n) is 6.99. The highest BCUT2D eigenvalue weighted by Gasteiger charge is 2.29. The van der Waals surface area contributed by atoms with Gasteiger partial charge in [0.1, 0.15) is 11.8 Å². The van der Waals surface area contributed by atoms with Gasteiger partial charge >= 0.3 is 0 Å². The molecule has 1 aromatic rings. The van der Waals surface area contributed by atoms with E-state index in [-0.39, 0.29) is 17.9 Å². The van der Waals surface area contributed by atoms with Crippen molar-refractivity contribution in [3.05, 3.63) is 29.8 Å². The number of amides is 2. The highest BCUT2D eigenvalue weighted by Crippen LogP contribution is 2.20. The minimum absolute atomic E-state index is 0.00142. The first-order valence-corrected chi connectivity index (χ1v) is 9.81. The zero-order chi connectivity index (χ0) is 18.9. The number of benzene rings is 1. The topological polar surface area (TPSA) is 58.6 Å². The molecule has 0 spiro atoms. The van der Waals surface area contributed by atoms with Crippen molar-refractivity contribution in [2.45, 2.75) is 77.4 Å². The van der Waals surface area contributed by atoms with E-state index in [1.54, 1.807) is 12.0 Å². The smallest absolute Gasteiger partial charge is 0.243 e. The summed E-state index contributed by atoms with van der Waals surface area (Å²) in [5.74, 6) is 0.730. The third kappa shape index (κ3) is 5.48. The third-order valence-electron chi connectivity index (χ3n) is 5.13. The van der Waals surface area contributed by atoms with Crippen LogP contribution in [0.25, 0.3) is 0 Å². The van der Waals surface area contributed by atoms with Crippen LogP contribution in [-0.4, -0.2) is 35.9 Å². The van der Waals surface area contributed by atoms with E-state index < -0.39 is 6.04 Å². The quantitative estimate of drug-likeness (QED) is 0.770. The molecule has 144 valence electrons. The molecule has 1 aromatic carbocycles. The lowest BCUT2D eigenvalue weighted by molar-refractivity contribution is -0.141. The first kappa shape index (κ1) is 20.3. The fourth-order valence-electron chi connectivity index (χ4n) is 3.63. The van der Waals surface area contributed by atoms with E-state index in [0.29, 0.717) is 19.4 Å². The molecule has 1 fully saturated rings. The summed E-state index contributed by atoms with van der Waals surface area (Å²) in [5, 5.41) is 3.18. The van der Waals surface area contributed by atoms with Gasteiger partial charge in [-0.15, -0.1) is 0 Å². The molecule has 26 heavy (non-hydrogen) atoms. The number of ether oxygens (including phenoxy) is 1. The number of carbonyl (C=O) groups excluding carboxylic acids is 2. The van der Waals surface area contributed by atoms with Crippen molar-refractivity contribution in [3.8, 4) is 5.75 Å². The van der Waals surface area contributed by atoms with Crippen LogP contribution in [0.3, 0.4) is 0 Å². The second kappa shape index (κ2) is 10.2. The first-order valence-electron chi connectivity index (χ1n) is 9.81. The maximum Gasteiger partial charge on any atom is 0.243 e. The number of nitrogens with zero attached hydrogens (tertiary/aromatic N) is 1. The molecule has 0 unspecified atom stereocenters. The van der Waals surface area contributed by atoms with E-state index in [9.17, 15) is 9.59 Å². The lowest BCUT2D eigenvalue weighted by Crippen LogP contribution is -2.51. The van der Waals surface area contributed by atoms with Crippen molar-refractivity contribution < 1.29 is 14.3 Å². The molecule has 1 N–H and O–H groups in total. The normalized spacial score (nSPS) is 16.0. The van der Waals surface area contributed by atoms with E-state index in [4.69, 9.17) is 4.74 Å². The fourth-order valence-corrected chi connectivity index (χ4v) is 3.63. The van der Waals surface area contributed by atoms with Crippen molar-refractivity contribution >= 4 is 11.8 Å². The van der Waals surface area contributed by atoms with E-state index in [2.05, 4.69) is 5.32 Å². The molecule has 1 aliphatic rings. The minimum atomic E-state index is -0.435. The zero-order valence-corrected chi connectivity index (χ0v) is 16.3. The molecule has 5 heteroatoms. The maximum absolute atomic E-state index is 12.9. The van der Waals surface area contributed by atoms with Crippen molar-refractivity contribution in [2.24, 2.45) is 0 Å². The predicted molar refractivity (Wildman–Crippen MR) is 103 cm³/mol. The minimum Gasteiger partial charge on any atom is -0.497 e. The van der Waals surface area contributed by atoms with E-state index in [1.807, 2.05) is 38.1 Å². The van der Waals surface area contributed by atoms with Crippen LogP contribution in [0.1, 0.15) is 64.4 Å². The van der Waals surface area contributed by atoms with Crippen LogP contribution in [0.2, 0.25) is 0 Å². The molecule has 1 aliphatic carbocycles. The molecular weight excluding hydrogens is 328 g/mol. The summed E-state index contributed by atoms with van der Waals surface area (Å²) in [6, 6.07) is 7.48. The molecule has 1 saturated carbocycles. The van der Waals surface area contributed by atoms with Crippen LogP contribution in [0, 0.1) is 0 Å². The van der Waals surface area contributed by atoms with E-state index >= 15 is 0 Å². The monoisotopic (exact) mass is 360 g/mol. The molecule has 1 atom stereocenters. The van der Waals surface area contributed by atoms with Gasteiger partial charge in [0.2, 0.25) is 11.8 Å². The summed E-state index contributed by atoms with van der Waals surface area (Å²) < 4.78 is 5.28. The fraction of sp³-hybridized carbons (Fsp3) is 0.619. The molecule has 5 nitrogen and oxygen atoms in total. The summed E-state index contributed by atoms with van der Waals surface area (Å²) in [6.45, 7) is 4.22. The summed E-state index contributed by atoms with van der Waals surface area (Å²) >= 11 is 0. The summed E-state index contributed by atoms with van der Waals surface area (Å²) in [5.41, 5.74) is 0.968. The highest BCUT2D eigenvalue weighted by molar-refractivity contribution is 5.87. The summed E-state index contributed by atoms with van der Waals surface area (Å²) in [4.78, 5) is 27.2. The molecule has 0 saturated heterocycles. The Balaban J connectivity index is 2.13. The van der Waals surface area contributed by atoms with E-state index in [0.717, 1.165) is 24.2 Å². The van der Waals surface area contributed by atoms with Gasteiger partial charge in [0.15, 0.2) is 0 Å². The summed E-state index contributed by atoms with van der Waals surface area (Å²) in [7, 11) is 1.63. The Labute approximate surface area is 157 Å². The number of nitrogens with one attached hydrogen (secondary N) is 1. The van der Waals surface area contributed by atoms with Gasteiger partial charge in [-0.2, -0.15) is 0 Å². The number of hydrogen-bond acceptors (Lipinski definition) is 3. The van der Waals surface area contributed by atoms with Crippen LogP contribution in [0.15, 0.2) is 24.3 Å². The number of carbonyl (C=O) groups is 2. The molecule has 2 amide bonds. The van der Waals surface area contributed by atoms with Crippen LogP contribution in [0.4, 0.5) is 0 Å². The van der Waals surface area contributed by atoms with Gasteiger partial charge in [0, 0.05) is 19.0 Å². The number of rotatable bonds is 8. The van der Waals surface area contributed by atoms with Gasteiger partial charge in [0.05, 0.1) is 7.11 Å². The molecule has 0 aromatic heterocycles. The zero-order valence-electron chi connectivity index (χ0n) is 16.3. The Morgan fingerprint density at radius 2 is 1.96 bits per heavy atom. The SMILES string of the molecule is CCC(=O)N(Cc1cccc(OC)c1)[C@@H](CC)C(=O)NC1CCCCC1. The number of methoxy groups -OCH3 is 1. The van der Waals surface area contributed by atoms with Gasteiger partial charge in [-0.25, -0.2) is 0 Å². The molecule has 0 bridgehead atoms. The Morgan fingerprint density at radius 1 is 1.23 bits per heavy atom. The number of hydrogen-bond donors (Lipinski definition) is 1. The molecule has 0 aliphatic heterocycles. The lowest BCUT2D eigenvalue weighted by Gasteiger charge is -2.32. The molecule has 0 radical (unpaired) electrons. The first-order chi connectivity index (χ1) is 12.6. The maximum atomic E-state index is 12.9. The Hall–Kier alpha value is -2.04. The largest absolute Gasteiger partial charge is 0.497 e. The van der Waals surface area contributed by atoms with Crippen molar-refractivity contribution in [1.29, 1.82) is 0 Å². The van der Waals surface area contributed by atoms with Gasteiger partial charge in [-0.1, -0.05) is 45.2 Å². The average molecular weight is 360 g/mol. The van der Waals surface area contributed by atoms with Crippen LogP contribution < -0.4 is 10.1 Å². The van der Waals surface area contributed by atoms with E-state index in [1.165, 1.54) is 19.3 Å². The lowest BCUT2D eigenvalue weighted by atomic mass is 9.95. The van der Waals surface area contributed by atoms with Gasteiger partial charge < -0.3 is 15.0 Å². The standard InChI is InChI=1S/C21H32N2O3/c1-4-19(21(25)22-17-11-7-6-8-12-17)23(20(24)5-2)15-16-10-9-13-18(14-16)26-3/h9-10,13-14,17,19H,4-8,11-12,15H2,1-3H3,(H,22,25)/t19-/m0/s1. The predicted octanol–water partition coefficient (Wildman–Crippen LogP) is 3.66. The summed E-state index contributed by atoms with van der Waals surface area (Å²) in [6.07, 6.45) is 6.66. The van der Waals surface area contributed by atoms with Gasteiger partial charge in [0.25, 0.3) is 0 Å².